The van der Waals surface area contributed by atoms with Crippen molar-refractivity contribution >= 4 is 0 Å². The Morgan fingerprint density at radius 3 is 2.63 bits per heavy atom. The minimum Gasteiger partial charge on any atom is -0.456 e. The third-order valence-electron chi connectivity index (χ3n) is 2.98. The Balaban J connectivity index is 2.09. The summed E-state index contributed by atoms with van der Waals surface area (Å²) in [4.78, 5) is 8.63. The smallest absolute Gasteiger partial charge is 0.317 e. The Morgan fingerprint density at radius 1 is 1.26 bits per heavy atom. The van der Waals surface area contributed by atoms with Crippen LogP contribution in [0.3, 0.4) is 0 Å². The second-order valence-corrected chi connectivity index (χ2v) is 4.46. The van der Waals surface area contributed by atoms with Crippen molar-refractivity contribution in [3.8, 4) is 6.01 Å². The van der Waals surface area contributed by atoms with Gasteiger partial charge in [-0.25, -0.2) is 9.97 Å². The van der Waals surface area contributed by atoms with Gasteiger partial charge >= 0.3 is 6.01 Å². The summed E-state index contributed by atoms with van der Waals surface area (Å²) in [6.45, 7) is 4.73. The van der Waals surface area contributed by atoms with Crippen LogP contribution in [-0.2, 0) is 6.54 Å². The molecule has 4 nitrogen and oxygen atoms in total. The predicted molar refractivity (Wildman–Crippen MR) is 75.0 cm³/mol. The van der Waals surface area contributed by atoms with Gasteiger partial charge in [0.05, 0.1) is 0 Å². The van der Waals surface area contributed by atoms with Gasteiger partial charge in [-0.15, -0.1) is 0 Å². The second kappa shape index (κ2) is 6.29. The molecule has 0 radical (unpaired) electrons. The highest BCUT2D eigenvalue weighted by atomic mass is 16.5. The molecule has 1 heterocycles. The molecule has 1 atom stereocenters. The number of benzene rings is 1. The zero-order valence-corrected chi connectivity index (χ0v) is 11.6. The number of rotatable bonds is 5. The van der Waals surface area contributed by atoms with Crippen LogP contribution in [0.1, 0.15) is 29.8 Å². The SMILES string of the molecule is CNCc1cnc(OC(C)c2ccccc2)nc1C. The van der Waals surface area contributed by atoms with Gasteiger partial charge in [-0.1, -0.05) is 30.3 Å². The zero-order valence-electron chi connectivity index (χ0n) is 11.6. The summed E-state index contributed by atoms with van der Waals surface area (Å²) in [5.74, 6) is 0. The lowest BCUT2D eigenvalue weighted by Crippen LogP contribution is -2.10. The summed E-state index contributed by atoms with van der Waals surface area (Å²) >= 11 is 0. The Kier molecular flexibility index (Phi) is 4.47. The third-order valence-corrected chi connectivity index (χ3v) is 2.98. The summed E-state index contributed by atoms with van der Waals surface area (Å²) in [7, 11) is 1.90. The van der Waals surface area contributed by atoms with Crippen LogP contribution in [-0.4, -0.2) is 17.0 Å². The minimum atomic E-state index is -0.0595. The van der Waals surface area contributed by atoms with Gasteiger partial charge in [0.2, 0.25) is 0 Å². The molecule has 1 aromatic heterocycles. The molecule has 0 aliphatic rings. The van der Waals surface area contributed by atoms with Crippen molar-refractivity contribution in [3.63, 3.8) is 0 Å². The maximum absolute atomic E-state index is 5.77. The molecule has 0 saturated carbocycles. The molecule has 1 unspecified atom stereocenters. The monoisotopic (exact) mass is 257 g/mol. The van der Waals surface area contributed by atoms with Crippen LogP contribution < -0.4 is 10.1 Å². The molecule has 0 aliphatic carbocycles. The maximum atomic E-state index is 5.77. The van der Waals surface area contributed by atoms with E-state index in [4.69, 9.17) is 4.74 Å². The van der Waals surface area contributed by atoms with E-state index in [9.17, 15) is 0 Å². The second-order valence-electron chi connectivity index (χ2n) is 4.46. The van der Waals surface area contributed by atoms with Gasteiger partial charge in [0, 0.05) is 24.0 Å². The topological polar surface area (TPSA) is 47.0 Å². The molecule has 2 rings (SSSR count). The fourth-order valence-electron chi connectivity index (χ4n) is 1.84. The highest BCUT2D eigenvalue weighted by Crippen LogP contribution is 2.18. The summed E-state index contributed by atoms with van der Waals surface area (Å²) in [5, 5.41) is 3.09. The summed E-state index contributed by atoms with van der Waals surface area (Å²) in [6.07, 6.45) is 1.75. The summed E-state index contributed by atoms with van der Waals surface area (Å²) in [6, 6.07) is 10.5. The van der Waals surface area contributed by atoms with Crippen molar-refractivity contribution in [1.29, 1.82) is 0 Å². The largest absolute Gasteiger partial charge is 0.456 e. The van der Waals surface area contributed by atoms with Gasteiger partial charge in [-0.2, -0.15) is 0 Å². The van der Waals surface area contributed by atoms with Crippen LogP contribution in [0.25, 0.3) is 0 Å². The molecule has 19 heavy (non-hydrogen) atoms. The van der Waals surface area contributed by atoms with Crippen molar-refractivity contribution in [3.05, 3.63) is 53.3 Å². The van der Waals surface area contributed by atoms with Crippen molar-refractivity contribution in [2.24, 2.45) is 0 Å². The highest BCUT2D eigenvalue weighted by molar-refractivity contribution is 5.20. The molecule has 4 heteroatoms. The van der Waals surface area contributed by atoms with E-state index in [1.807, 2.05) is 57.4 Å². The molecule has 0 spiro atoms. The first-order valence-electron chi connectivity index (χ1n) is 6.39. The number of nitrogens with one attached hydrogen (secondary N) is 1. The zero-order chi connectivity index (χ0) is 13.7. The van der Waals surface area contributed by atoms with E-state index >= 15 is 0 Å². The lowest BCUT2D eigenvalue weighted by Gasteiger charge is -2.14. The number of aromatic nitrogens is 2. The Bertz CT molecular complexity index is 528. The van der Waals surface area contributed by atoms with Crippen LogP contribution >= 0.6 is 0 Å². The van der Waals surface area contributed by atoms with E-state index in [1.54, 1.807) is 0 Å². The summed E-state index contributed by atoms with van der Waals surface area (Å²) < 4.78 is 5.77. The summed E-state index contributed by atoms with van der Waals surface area (Å²) in [5.41, 5.74) is 3.14. The van der Waals surface area contributed by atoms with Crippen molar-refractivity contribution < 1.29 is 4.74 Å². The highest BCUT2D eigenvalue weighted by Gasteiger charge is 2.10. The molecule has 0 bridgehead atoms. The number of hydrogen-bond donors (Lipinski definition) is 1. The fourth-order valence-corrected chi connectivity index (χ4v) is 1.84. The van der Waals surface area contributed by atoms with E-state index in [2.05, 4.69) is 15.3 Å². The van der Waals surface area contributed by atoms with Gasteiger partial charge in [-0.3, -0.25) is 0 Å². The Morgan fingerprint density at radius 2 is 2.00 bits per heavy atom. The first-order valence-corrected chi connectivity index (χ1v) is 6.39. The molecule has 1 N–H and O–H groups in total. The molecule has 2 aromatic rings. The molecule has 0 fully saturated rings. The van der Waals surface area contributed by atoms with E-state index < -0.39 is 0 Å². The van der Waals surface area contributed by atoms with E-state index in [0.717, 1.165) is 23.4 Å². The average Bonchev–Trinajstić information content (AvgIpc) is 2.43. The number of aryl methyl sites for hydroxylation is 1. The van der Waals surface area contributed by atoms with Crippen LogP contribution in [0.15, 0.2) is 36.5 Å². The predicted octanol–water partition coefficient (Wildman–Crippen LogP) is 2.64. The minimum absolute atomic E-state index is 0.0595. The number of nitrogens with zero attached hydrogens (tertiary/aromatic N) is 2. The van der Waals surface area contributed by atoms with Gasteiger partial charge < -0.3 is 10.1 Å². The van der Waals surface area contributed by atoms with Crippen molar-refractivity contribution in [2.75, 3.05) is 7.05 Å². The molecule has 100 valence electrons. The normalized spacial score (nSPS) is 12.2. The van der Waals surface area contributed by atoms with Crippen molar-refractivity contribution in [1.82, 2.24) is 15.3 Å². The lowest BCUT2D eigenvalue weighted by molar-refractivity contribution is 0.206. The molecule has 0 aliphatic heterocycles. The van der Waals surface area contributed by atoms with Crippen LogP contribution in [0.5, 0.6) is 6.01 Å². The standard InChI is InChI=1S/C15H19N3O/c1-11-14(9-16-3)10-17-15(18-11)19-12(2)13-7-5-4-6-8-13/h4-8,10,12,16H,9H2,1-3H3. The fraction of sp³-hybridized carbons (Fsp3) is 0.333. The lowest BCUT2D eigenvalue weighted by atomic mass is 10.1. The van der Waals surface area contributed by atoms with E-state index in [-0.39, 0.29) is 6.10 Å². The molecule has 1 aromatic carbocycles. The molecular weight excluding hydrogens is 238 g/mol. The average molecular weight is 257 g/mol. The van der Waals surface area contributed by atoms with Crippen LogP contribution in [0.4, 0.5) is 0 Å². The van der Waals surface area contributed by atoms with Gasteiger partial charge in [0.15, 0.2) is 0 Å². The Labute approximate surface area is 113 Å². The number of hydrogen-bond acceptors (Lipinski definition) is 4. The molecule has 0 amide bonds. The van der Waals surface area contributed by atoms with Gasteiger partial charge in [0.25, 0.3) is 0 Å². The molecule has 0 saturated heterocycles. The van der Waals surface area contributed by atoms with Crippen molar-refractivity contribution in [2.45, 2.75) is 26.5 Å². The first kappa shape index (κ1) is 13.5. The quantitative estimate of drug-likeness (QED) is 0.894. The van der Waals surface area contributed by atoms with Gasteiger partial charge in [0.1, 0.15) is 6.10 Å². The number of ether oxygens (including phenoxy) is 1. The molecular formula is C15H19N3O. The third kappa shape index (κ3) is 3.51. The van der Waals surface area contributed by atoms with E-state index in [0.29, 0.717) is 6.01 Å². The van der Waals surface area contributed by atoms with Gasteiger partial charge in [-0.05, 0) is 26.5 Å². The van der Waals surface area contributed by atoms with Crippen LogP contribution in [0, 0.1) is 6.92 Å². The maximum Gasteiger partial charge on any atom is 0.317 e. The first-order chi connectivity index (χ1) is 9.20. The van der Waals surface area contributed by atoms with Crippen LogP contribution in [0.2, 0.25) is 0 Å². The van der Waals surface area contributed by atoms with E-state index in [1.165, 1.54) is 0 Å². The Hall–Kier alpha value is -1.94.